The monoisotopic (exact) mass is 725 g/mol. The molecule has 0 saturated carbocycles. The van der Waals surface area contributed by atoms with Crippen LogP contribution in [0.1, 0.15) is 41.7 Å². The van der Waals surface area contributed by atoms with E-state index < -0.39 is 0 Å². The van der Waals surface area contributed by atoms with Crippen LogP contribution in [0.4, 0.5) is 0 Å². The smallest absolute Gasteiger partial charge is 0.0625 e. The van der Waals surface area contributed by atoms with E-state index in [-0.39, 0.29) is 5.41 Å². The number of rotatable bonds is 3. The molecule has 0 unspecified atom stereocenters. The average molecular weight is 726 g/mol. The van der Waals surface area contributed by atoms with E-state index in [1.165, 1.54) is 115 Å². The Morgan fingerprint density at radius 3 is 2.04 bits per heavy atom. The van der Waals surface area contributed by atoms with Crippen LogP contribution < -0.4 is 0 Å². The van der Waals surface area contributed by atoms with Gasteiger partial charge in [-0.1, -0.05) is 172 Å². The quantitative estimate of drug-likeness (QED) is 0.160. The minimum Gasteiger partial charge on any atom is -0.309 e. The number of hydrogen-bond donors (Lipinski definition) is 0. The third-order valence-electron chi connectivity index (χ3n) is 13.0. The van der Waals surface area contributed by atoms with Crippen LogP contribution in [0.15, 0.2) is 182 Å². The van der Waals surface area contributed by atoms with Gasteiger partial charge in [-0.05, 0) is 119 Å². The van der Waals surface area contributed by atoms with Crippen molar-refractivity contribution in [2.45, 2.75) is 25.7 Å². The Bertz CT molecular complexity index is 3400. The van der Waals surface area contributed by atoms with E-state index in [0.717, 1.165) is 6.42 Å². The molecular formula is C56H39N. The van der Waals surface area contributed by atoms with Crippen molar-refractivity contribution in [2.24, 2.45) is 0 Å². The second-order valence-electron chi connectivity index (χ2n) is 16.5. The van der Waals surface area contributed by atoms with E-state index in [1.807, 2.05) is 0 Å². The number of aromatic nitrogens is 1. The lowest BCUT2D eigenvalue weighted by atomic mass is 9.82. The number of nitrogens with zero attached hydrogens (tertiary/aromatic N) is 1. The third kappa shape index (κ3) is 4.69. The Hall–Kier alpha value is -6.96. The van der Waals surface area contributed by atoms with Gasteiger partial charge in [0.2, 0.25) is 0 Å². The van der Waals surface area contributed by atoms with Gasteiger partial charge >= 0.3 is 0 Å². The number of benzene rings is 9. The Balaban J connectivity index is 1.05. The number of fused-ring (bicyclic) bond motifs is 13. The molecule has 0 aliphatic heterocycles. The van der Waals surface area contributed by atoms with Crippen molar-refractivity contribution in [3.63, 3.8) is 0 Å². The first-order valence-electron chi connectivity index (χ1n) is 20.1. The predicted molar refractivity (Wildman–Crippen MR) is 243 cm³/mol. The van der Waals surface area contributed by atoms with Gasteiger partial charge in [-0.2, -0.15) is 0 Å². The van der Waals surface area contributed by atoms with E-state index in [4.69, 9.17) is 0 Å². The fourth-order valence-corrected chi connectivity index (χ4v) is 10.3. The molecule has 0 saturated heterocycles. The summed E-state index contributed by atoms with van der Waals surface area (Å²) < 4.78 is 2.54. The van der Waals surface area contributed by atoms with Crippen LogP contribution in [0.5, 0.6) is 0 Å². The SMILES string of the molecule is CC1(C)c2ccccc2-c2ccc(-n3c4ccc(-c5ccc6c(c5)C=CC=C(c5cccc7ccccc57)C6)cc4c4c5ccccc5c5ccccc5c43)cc21. The molecule has 1 aromatic heterocycles. The third-order valence-corrected chi connectivity index (χ3v) is 13.0. The van der Waals surface area contributed by atoms with Gasteiger partial charge < -0.3 is 4.57 Å². The second-order valence-corrected chi connectivity index (χ2v) is 16.5. The fourth-order valence-electron chi connectivity index (χ4n) is 10.3. The van der Waals surface area contributed by atoms with Crippen LogP contribution in [0, 0.1) is 0 Å². The molecule has 57 heavy (non-hydrogen) atoms. The van der Waals surface area contributed by atoms with Gasteiger partial charge in [-0.3, -0.25) is 0 Å². The molecule has 0 radical (unpaired) electrons. The molecular weight excluding hydrogens is 687 g/mol. The lowest BCUT2D eigenvalue weighted by molar-refractivity contribution is 0.660. The van der Waals surface area contributed by atoms with Crippen molar-refractivity contribution in [1.82, 2.24) is 4.57 Å². The maximum Gasteiger partial charge on any atom is 0.0625 e. The van der Waals surface area contributed by atoms with E-state index in [9.17, 15) is 0 Å². The normalized spacial score (nSPS) is 14.2. The molecule has 0 amide bonds. The average Bonchev–Trinajstić information content (AvgIpc) is 3.61. The molecule has 0 N–H and O–H groups in total. The van der Waals surface area contributed by atoms with Gasteiger partial charge in [-0.15, -0.1) is 0 Å². The van der Waals surface area contributed by atoms with Gasteiger partial charge in [0.1, 0.15) is 0 Å². The van der Waals surface area contributed by atoms with Crippen molar-refractivity contribution >= 4 is 65.8 Å². The first-order valence-corrected chi connectivity index (χ1v) is 20.1. The van der Waals surface area contributed by atoms with Crippen LogP contribution in [0.25, 0.3) is 93.7 Å². The molecule has 12 rings (SSSR count). The molecule has 0 spiro atoms. The van der Waals surface area contributed by atoms with Crippen molar-refractivity contribution in [1.29, 1.82) is 0 Å². The molecule has 2 aliphatic carbocycles. The van der Waals surface area contributed by atoms with Crippen LogP contribution in [-0.2, 0) is 11.8 Å². The lowest BCUT2D eigenvalue weighted by Gasteiger charge is -2.22. The predicted octanol–water partition coefficient (Wildman–Crippen LogP) is 14.9. The summed E-state index contributed by atoms with van der Waals surface area (Å²) in [5, 5.41) is 10.3. The van der Waals surface area contributed by atoms with Crippen LogP contribution >= 0.6 is 0 Å². The molecule has 10 aromatic rings. The summed E-state index contributed by atoms with van der Waals surface area (Å²) in [5.74, 6) is 0. The number of allylic oxidation sites excluding steroid dienone is 3. The summed E-state index contributed by atoms with van der Waals surface area (Å²) in [4.78, 5) is 0. The maximum absolute atomic E-state index is 2.54. The Morgan fingerprint density at radius 2 is 1.16 bits per heavy atom. The number of hydrogen-bond acceptors (Lipinski definition) is 0. The summed E-state index contributed by atoms with van der Waals surface area (Å²) in [6.45, 7) is 4.75. The summed E-state index contributed by atoms with van der Waals surface area (Å²) >= 11 is 0. The highest BCUT2D eigenvalue weighted by Gasteiger charge is 2.35. The Kier molecular flexibility index (Phi) is 6.81. The zero-order valence-corrected chi connectivity index (χ0v) is 32.1. The van der Waals surface area contributed by atoms with E-state index in [2.05, 4.69) is 207 Å². The largest absolute Gasteiger partial charge is 0.309 e. The maximum atomic E-state index is 2.54. The Labute approximate surface area is 332 Å². The molecule has 2 aliphatic rings. The molecule has 9 aromatic carbocycles. The zero-order valence-electron chi connectivity index (χ0n) is 32.1. The van der Waals surface area contributed by atoms with E-state index >= 15 is 0 Å². The van der Waals surface area contributed by atoms with Gasteiger partial charge in [0, 0.05) is 27.3 Å². The van der Waals surface area contributed by atoms with Gasteiger partial charge in [0.05, 0.1) is 11.0 Å². The summed E-state index contributed by atoms with van der Waals surface area (Å²) in [7, 11) is 0. The zero-order chi connectivity index (χ0) is 37.8. The van der Waals surface area contributed by atoms with Gasteiger partial charge in [0.25, 0.3) is 0 Å². The summed E-state index contributed by atoms with van der Waals surface area (Å²) in [6.07, 6.45) is 7.72. The fraction of sp³-hybridized carbons (Fsp3) is 0.0714. The van der Waals surface area contributed by atoms with E-state index in [0.29, 0.717) is 0 Å². The summed E-state index contributed by atoms with van der Waals surface area (Å²) in [5.41, 5.74) is 16.8. The molecule has 0 atom stereocenters. The topological polar surface area (TPSA) is 4.93 Å². The van der Waals surface area contributed by atoms with Crippen molar-refractivity contribution in [3.05, 3.63) is 210 Å². The minimum absolute atomic E-state index is 0.0897. The first-order chi connectivity index (χ1) is 28.0. The molecule has 0 bridgehead atoms. The van der Waals surface area contributed by atoms with Crippen molar-refractivity contribution in [2.75, 3.05) is 0 Å². The lowest BCUT2D eigenvalue weighted by Crippen LogP contribution is -2.15. The molecule has 1 nitrogen and oxygen atoms in total. The van der Waals surface area contributed by atoms with Crippen LogP contribution in [-0.4, -0.2) is 4.57 Å². The highest BCUT2D eigenvalue weighted by molar-refractivity contribution is 6.32. The van der Waals surface area contributed by atoms with Crippen molar-refractivity contribution in [3.8, 4) is 27.9 Å². The highest BCUT2D eigenvalue weighted by Crippen LogP contribution is 2.50. The first kappa shape index (κ1) is 32.3. The standard InChI is InChI=1S/C56H39N/c1-56(2)51-24-10-9-20-46(51)47-29-28-41(34-52(47)56)57-53-30-27-39(33-50(53)54-48-21-7-5-18-44(48)45-19-6-8-22-49(45)55(54)57)37-25-26-38-32-40(16-11-15-36(38)31-37)43-23-12-14-35-13-3-4-17-42(35)43/h3-31,33-34H,32H2,1-2H3. The molecule has 1 heteroatoms. The Morgan fingerprint density at radius 1 is 0.491 bits per heavy atom. The van der Waals surface area contributed by atoms with Crippen LogP contribution in [0.2, 0.25) is 0 Å². The van der Waals surface area contributed by atoms with Gasteiger partial charge in [-0.25, -0.2) is 0 Å². The van der Waals surface area contributed by atoms with Gasteiger partial charge in [0.15, 0.2) is 0 Å². The minimum atomic E-state index is -0.0897. The van der Waals surface area contributed by atoms with E-state index in [1.54, 1.807) is 0 Å². The second kappa shape index (κ2) is 12.0. The molecule has 0 fully saturated rings. The summed E-state index contributed by atoms with van der Waals surface area (Å²) in [6, 6.07) is 63.6. The molecule has 1 heterocycles. The van der Waals surface area contributed by atoms with Crippen molar-refractivity contribution < 1.29 is 0 Å². The highest BCUT2D eigenvalue weighted by atomic mass is 15.0. The molecule has 268 valence electrons. The van der Waals surface area contributed by atoms with Crippen LogP contribution in [0.3, 0.4) is 0 Å².